The molecule has 1 heterocycles. The van der Waals surface area contributed by atoms with Gasteiger partial charge in [0.05, 0.1) is 0 Å². The van der Waals surface area contributed by atoms with Gasteiger partial charge in [-0.05, 0) is 43.7 Å². The lowest BCUT2D eigenvalue weighted by Crippen LogP contribution is -2.41. The van der Waals surface area contributed by atoms with Crippen molar-refractivity contribution in [2.24, 2.45) is 0 Å². The fourth-order valence-electron chi connectivity index (χ4n) is 2.94. The van der Waals surface area contributed by atoms with Crippen LogP contribution in [0.3, 0.4) is 0 Å². The van der Waals surface area contributed by atoms with Crippen molar-refractivity contribution in [3.63, 3.8) is 0 Å². The molecule has 0 spiro atoms. The second kappa shape index (κ2) is 8.53. The molecule has 0 bridgehead atoms. The van der Waals surface area contributed by atoms with Crippen LogP contribution in [-0.2, 0) is 19.9 Å². The lowest BCUT2D eigenvalue weighted by Gasteiger charge is -2.22. The van der Waals surface area contributed by atoms with Crippen LogP contribution in [0.25, 0.3) is 0 Å². The first-order chi connectivity index (χ1) is 13.8. The number of ether oxygens (including phenoxy) is 2. The summed E-state index contributed by atoms with van der Waals surface area (Å²) in [6.07, 6.45) is 0. The summed E-state index contributed by atoms with van der Waals surface area (Å²) in [5.41, 5.74) is 0.465. The zero-order valence-corrected chi connectivity index (χ0v) is 16.9. The van der Waals surface area contributed by atoms with Crippen molar-refractivity contribution in [3.05, 3.63) is 64.7 Å². The van der Waals surface area contributed by atoms with Gasteiger partial charge in [0.15, 0.2) is 0 Å². The maximum absolute atomic E-state index is 12.8. The van der Waals surface area contributed by atoms with Crippen molar-refractivity contribution in [2.75, 3.05) is 19.8 Å². The Balaban J connectivity index is 1.52. The third kappa shape index (κ3) is 4.68. The van der Waals surface area contributed by atoms with Crippen molar-refractivity contribution in [2.45, 2.75) is 19.4 Å². The lowest BCUT2D eigenvalue weighted by molar-refractivity contribution is -0.148. The first-order valence-electron chi connectivity index (χ1n) is 9.05. The third-order valence-electron chi connectivity index (χ3n) is 4.62. The molecule has 1 N–H and O–H groups in total. The zero-order valence-electron chi connectivity index (χ0n) is 16.1. The number of esters is 1. The van der Waals surface area contributed by atoms with E-state index in [-0.39, 0.29) is 13.2 Å². The predicted molar refractivity (Wildman–Crippen MR) is 107 cm³/mol. The van der Waals surface area contributed by atoms with Gasteiger partial charge < -0.3 is 14.8 Å². The minimum atomic E-state index is -1.22. The second-order valence-electron chi connectivity index (χ2n) is 6.84. The third-order valence-corrected chi connectivity index (χ3v) is 4.87. The Morgan fingerprint density at radius 1 is 1.07 bits per heavy atom. The number of aryl methyl sites for hydroxylation is 1. The molecule has 0 saturated carbocycles. The molecule has 0 aromatic heterocycles. The van der Waals surface area contributed by atoms with E-state index >= 15 is 0 Å². The van der Waals surface area contributed by atoms with Gasteiger partial charge in [-0.15, -0.1) is 0 Å². The molecule has 2 aromatic carbocycles. The minimum Gasteiger partial charge on any atom is -0.490 e. The maximum atomic E-state index is 12.8. The first-order valence-corrected chi connectivity index (χ1v) is 9.42. The van der Waals surface area contributed by atoms with E-state index in [1.54, 1.807) is 43.3 Å². The van der Waals surface area contributed by atoms with Gasteiger partial charge in [-0.3, -0.25) is 14.5 Å². The molecular formula is C21H21ClN2O5. The van der Waals surface area contributed by atoms with Gasteiger partial charge in [0.25, 0.3) is 5.91 Å². The number of benzene rings is 2. The molecule has 152 valence electrons. The van der Waals surface area contributed by atoms with E-state index in [0.29, 0.717) is 16.3 Å². The Kier molecular flexibility index (Phi) is 6.08. The highest BCUT2D eigenvalue weighted by Gasteiger charge is 2.49. The number of carbonyl (C=O) groups excluding carboxylic acids is 3. The van der Waals surface area contributed by atoms with Crippen LogP contribution in [0.1, 0.15) is 18.1 Å². The van der Waals surface area contributed by atoms with Crippen LogP contribution in [0.5, 0.6) is 5.75 Å². The summed E-state index contributed by atoms with van der Waals surface area (Å²) in [5.74, 6) is -0.601. The normalized spacial score (nSPS) is 18.5. The average Bonchev–Trinajstić information content (AvgIpc) is 2.91. The number of rotatable bonds is 7. The van der Waals surface area contributed by atoms with Crippen LogP contribution in [0.2, 0.25) is 5.02 Å². The molecule has 0 radical (unpaired) electrons. The highest BCUT2D eigenvalue weighted by molar-refractivity contribution is 6.30. The van der Waals surface area contributed by atoms with Gasteiger partial charge in [0.1, 0.15) is 31.0 Å². The number of amides is 3. The number of urea groups is 1. The maximum Gasteiger partial charge on any atom is 0.326 e. The summed E-state index contributed by atoms with van der Waals surface area (Å²) in [6.45, 7) is 3.20. The monoisotopic (exact) mass is 416 g/mol. The number of nitrogens with zero attached hydrogens (tertiary/aromatic N) is 1. The number of carbonyl (C=O) groups is 3. The topological polar surface area (TPSA) is 84.9 Å². The van der Waals surface area contributed by atoms with Crippen molar-refractivity contribution in [1.29, 1.82) is 0 Å². The number of hydrogen-bond donors (Lipinski definition) is 1. The van der Waals surface area contributed by atoms with Crippen LogP contribution >= 0.6 is 11.6 Å². The van der Waals surface area contributed by atoms with E-state index in [9.17, 15) is 14.4 Å². The van der Waals surface area contributed by atoms with Crippen molar-refractivity contribution >= 4 is 29.5 Å². The molecule has 3 amide bonds. The minimum absolute atomic E-state index is 0.0136. The summed E-state index contributed by atoms with van der Waals surface area (Å²) in [4.78, 5) is 38.0. The van der Waals surface area contributed by atoms with Gasteiger partial charge >= 0.3 is 12.0 Å². The predicted octanol–water partition coefficient (Wildman–Crippen LogP) is 3.04. The molecule has 1 fully saturated rings. The smallest absolute Gasteiger partial charge is 0.326 e. The Hall–Kier alpha value is -3.06. The highest BCUT2D eigenvalue weighted by atomic mass is 35.5. The molecule has 0 aliphatic carbocycles. The van der Waals surface area contributed by atoms with E-state index in [2.05, 4.69) is 5.32 Å². The Labute approximate surface area is 173 Å². The molecule has 7 nitrogen and oxygen atoms in total. The van der Waals surface area contributed by atoms with Gasteiger partial charge in [-0.2, -0.15) is 0 Å². The van der Waals surface area contributed by atoms with E-state index in [1.165, 1.54) is 0 Å². The molecule has 29 heavy (non-hydrogen) atoms. The summed E-state index contributed by atoms with van der Waals surface area (Å²) < 4.78 is 10.5. The number of hydrogen-bond acceptors (Lipinski definition) is 5. The Morgan fingerprint density at radius 2 is 1.72 bits per heavy atom. The Bertz CT molecular complexity index is 914. The molecule has 1 saturated heterocycles. The molecule has 0 unspecified atom stereocenters. The molecule has 3 rings (SSSR count). The molecular weight excluding hydrogens is 396 g/mol. The Morgan fingerprint density at radius 3 is 2.38 bits per heavy atom. The van der Waals surface area contributed by atoms with E-state index in [0.717, 1.165) is 10.5 Å². The average molecular weight is 417 g/mol. The van der Waals surface area contributed by atoms with Crippen LogP contribution in [-0.4, -0.2) is 42.6 Å². The van der Waals surface area contributed by atoms with E-state index < -0.39 is 30.0 Å². The largest absolute Gasteiger partial charge is 0.490 e. The van der Waals surface area contributed by atoms with Gasteiger partial charge in [-0.1, -0.05) is 41.4 Å². The second-order valence-corrected chi connectivity index (χ2v) is 7.27. The molecule has 1 aliphatic heterocycles. The van der Waals surface area contributed by atoms with Crippen molar-refractivity contribution in [1.82, 2.24) is 10.2 Å². The number of halogens is 1. The molecule has 1 atom stereocenters. The summed E-state index contributed by atoms with van der Waals surface area (Å²) >= 11 is 5.80. The van der Waals surface area contributed by atoms with Crippen molar-refractivity contribution in [3.8, 4) is 5.75 Å². The lowest BCUT2D eigenvalue weighted by atomic mass is 9.91. The van der Waals surface area contributed by atoms with Gasteiger partial charge in [-0.25, -0.2) is 4.79 Å². The standard InChI is InChI=1S/C21H21ClN2O5/c1-14-3-5-15(6-4-14)21(2)19(26)24(20(27)23-21)13-18(25)29-12-11-28-17-9-7-16(22)8-10-17/h3-10H,11-13H2,1-2H3,(H,23,27)/t21-/m1/s1. The molecule has 8 heteroatoms. The number of nitrogens with one attached hydrogen (secondary N) is 1. The van der Waals surface area contributed by atoms with Gasteiger partial charge in [0, 0.05) is 5.02 Å². The fourth-order valence-corrected chi connectivity index (χ4v) is 3.07. The van der Waals surface area contributed by atoms with Crippen LogP contribution in [0, 0.1) is 6.92 Å². The zero-order chi connectivity index (χ0) is 21.0. The number of imide groups is 1. The van der Waals surface area contributed by atoms with Gasteiger partial charge in [0.2, 0.25) is 0 Å². The molecule has 2 aromatic rings. The van der Waals surface area contributed by atoms with Crippen LogP contribution in [0.4, 0.5) is 4.79 Å². The molecule has 1 aliphatic rings. The summed E-state index contributed by atoms with van der Waals surface area (Å²) in [6, 6.07) is 13.4. The first kappa shape index (κ1) is 20.7. The SMILES string of the molecule is Cc1ccc([C@@]2(C)NC(=O)N(CC(=O)OCCOc3ccc(Cl)cc3)C2=O)cc1. The summed E-state index contributed by atoms with van der Waals surface area (Å²) in [5, 5.41) is 3.25. The highest BCUT2D eigenvalue weighted by Crippen LogP contribution is 2.28. The van der Waals surface area contributed by atoms with Crippen LogP contribution < -0.4 is 10.1 Å². The van der Waals surface area contributed by atoms with Crippen molar-refractivity contribution < 1.29 is 23.9 Å². The summed E-state index contributed by atoms with van der Waals surface area (Å²) in [7, 11) is 0. The quantitative estimate of drug-likeness (QED) is 0.426. The fraction of sp³-hybridized carbons (Fsp3) is 0.286. The van der Waals surface area contributed by atoms with E-state index in [4.69, 9.17) is 21.1 Å². The van der Waals surface area contributed by atoms with E-state index in [1.807, 2.05) is 19.1 Å². The van der Waals surface area contributed by atoms with Crippen LogP contribution in [0.15, 0.2) is 48.5 Å².